The van der Waals surface area contributed by atoms with E-state index >= 15 is 0 Å². The minimum absolute atomic E-state index is 0.198. The van der Waals surface area contributed by atoms with Crippen LogP contribution in [0.5, 0.6) is 0 Å². The summed E-state index contributed by atoms with van der Waals surface area (Å²) in [7, 11) is 4.19. The molecule has 1 aromatic rings. The van der Waals surface area contributed by atoms with Crippen LogP contribution in [-0.4, -0.2) is 55.5 Å². The number of guanidine groups is 1. The van der Waals surface area contributed by atoms with E-state index in [1.54, 1.807) is 0 Å². The van der Waals surface area contributed by atoms with Crippen molar-refractivity contribution in [2.45, 2.75) is 32.4 Å². The van der Waals surface area contributed by atoms with Gasteiger partial charge in [0.1, 0.15) is 5.82 Å². The first-order chi connectivity index (χ1) is 10.6. The van der Waals surface area contributed by atoms with E-state index in [0.29, 0.717) is 12.6 Å². The van der Waals surface area contributed by atoms with Gasteiger partial charge in [-0.2, -0.15) is 0 Å². The Kier molecular flexibility index (Phi) is 6.19. The maximum absolute atomic E-state index is 13.0. The van der Waals surface area contributed by atoms with E-state index in [-0.39, 0.29) is 5.82 Å². The summed E-state index contributed by atoms with van der Waals surface area (Å²) in [5.41, 5.74) is 1.08. The average Bonchev–Trinajstić information content (AvgIpc) is 2.91. The number of hydrogen-bond donors (Lipinski definition) is 1. The largest absolute Gasteiger partial charge is 0.357 e. The number of likely N-dealkylation sites (tertiary alicyclic amines) is 1. The molecular weight excluding hydrogens is 279 g/mol. The lowest BCUT2D eigenvalue weighted by Crippen LogP contribution is -2.39. The van der Waals surface area contributed by atoms with Crippen molar-refractivity contribution in [3.8, 4) is 0 Å². The number of nitrogens with one attached hydrogen (secondary N) is 1. The molecule has 122 valence electrons. The van der Waals surface area contributed by atoms with Gasteiger partial charge >= 0.3 is 0 Å². The van der Waals surface area contributed by atoms with Crippen LogP contribution < -0.4 is 5.32 Å². The predicted molar refractivity (Wildman–Crippen MR) is 89.5 cm³/mol. The fourth-order valence-electron chi connectivity index (χ4n) is 2.81. The van der Waals surface area contributed by atoms with Crippen LogP contribution in [0.3, 0.4) is 0 Å². The minimum atomic E-state index is -0.198. The standard InChI is InChI=1S/C17H27FN4/c1-4-19-17(20-12-16-6-5-11-21(16)2)22(3)13-14-7-9-15(18)10-8-14/h7-10,16H,4-6,11-13H2,1-3H3,(H,19,20). The summed E-state index contributed by atoms with van der Waals surface area (Å²) in [6.45, 7) is 5.62. The number of benzene rings is 1. The van der Waals surface area contributed by atoms with Crippen molar-refractivity contribution in [2.75, 3.05) is 33.7 Å². The number of halogens is 1. The summed E-state index contributed by atoms with van der Waals surface area (Å²) in [6, 6.07) is 7.19. The topological polar surface area (TPSA) is 30.9 Å². The van der Waals surface area contributed by atoms with Crippen LogP contribution in [0.25, 0.3) is 0 Å². The molecule has 1 aromatic carbocycles. The van der Waals surface area contributed by atoms with Crippen molar-refractivity contribution < 1.29 is 4.39 Å². The molecule has 1 heterocycles. The lowest BCUT2D eigenvalue weighted by molar-refractivity contribution is 0.316. The molecule has 1 N–H and O–H groups in total. The molecule has 1 fully saturated rings. The molecule has 0 radical (unpaired) electrons. The van der Waals surface area contributed by atoms with Crippen LogP contribution in [-0.2, 0) is 6.54 Å². The number of nitrogens with zero attached hydrogens (tertiary/aromatic N) is 3. The third kappa shape index (κ3) is 4.70. The van der Waals surface area contributed by atoms with E-state index in [4.69, 9.17) is 4.99 Å². The molecule has 1 unspecified atom stereocenters. The molecule has 0 saturated carbocycles. The third-order valence-corrected chi connectivity index (χ3v) is 4.15. The maximum Gasteiger partial charge on any atom is 0.194 e. The Morgan fingerprint density at radius 2 is 2.14 bits per heavy atom. The van der Waals surface area contributed by atoms with Gasteiger partial charge in [-0.1, -0.05) is 12.1 Å². The van der Waals surface area contributed by atoms with Crippen LogP contribution >= 0.6 is 0 Å². The number of aliphatic imine (C=N–C) groups is 1. The van der Waals surface area contributed by atoms with Gasteiger partial charge in [-0.15, -0.1) is 0 Å². The van der Waals surface area contributed by atoms with Gasteiger partial charge < -0.3 is 15.1 Å². The van der Waals surface area contributed by atoms with Gasteiger partial charge in [0.25, 0.3) is 0 Å². The summed E-state index contributed by atoms with van der Waals surface area (Å²) < 4.78 is 13.0. The Bertz CT molecular complexity index is 486. The molecule has 0 amide bonds. The van der Waals surface area contributed by atoms with Gasteiger partial charge in [-0.05, 0) is 51.1 Å². The lowest BCUT2D eigenvalue weighted by atomic mass is 10.2. The Morgan fingerprint density at radius 3 is 2.73 bits per heavy atom. The number of hydrogen-bond acceptors (Lipinski definition) is 2. The zero-order valence-corrected chi connectivity index (χ0v) is 13.8. The molecule has 1 aliphatic heterocycles. The molecule has 2 rings (SSSR count). The van der Waals surface area contributed by atoms with Crippen LogP contribution in [0.15, 0.2) is 29.3 Å². The summed E-state index contributed by atoms with van der Waals surface area (Å²) in [5, 5.41) is 3.34. The van der Waals surface area contributed by atoms with Gasteiger partial charge in [0, 0.05) is 26.2 Å². The molecule has 1 atom stereocenters. The van der Waals surface area contributed by atoms with Gasteiger partial charge in [0.15, 0.2) is 5.96 Å². The second-order valence-corrected chi connectivity index (χ2v) is 5.95. The minimum Gasteiger partial charge on any atom is -0.357 e. The molecule has 0 spiro atoms. The molecule has 0 bridgehead atoms. The van der Waals surface area contributed by atoms with Gasteiger partial charge in [0.05, 0.1) is 6.54 Å². The van der Waals surface area contributed by atoms with Gasteiger partial charge in [0.2, 0.25) is 0 Å². The Balaban J connectivity index is 1.97. The van der Waals surface area contributed by atoms with Crippen LogP contribution in [0.4, 0.5) is 4.39 Å². The lowest BCUT2D eigenvalue weighted by Gasteiger charge is -2.24. The number of rotatable bonds is 5. The van der Waals surface area contributed by atoms with Crippen molar-refractivity contribution in [3.05, 3.63) is 35.6 Å². The van der Waals surface area contributed by atoms with Crippen molar-refractivity contribution >= 4 is 5.96 Å². The third-order valence-electron chi connectivity index (χ3n) is 4.15. The van der Waals surface area contributed by atoms with Crippen LogP contribution in [0.1, 0.15) is 25.3 Å². The molecule has 5 heteroatoms. The first kappa shape index (κ1) is 16.7. The van der Waals surface area contributed by atoms with Crippen molar-refractivity contribution in [1.82, 2.24) is 15.1 Å². The van der Waals surface area contributed by atoms with Crippen molar-refractivity contribution in [2.24, 2.45) is 4.99 Å². The van der Waals surface area contributed by atoms with E-state index < -0.39 is 0 Å². The van der Waals surface area contributed by atoms with Crippen molar-refractivity contribution in [3.63, 3.8) is 0 Å². The summed E-state index contributed by atoms with van der Waals surface area (Å²) in [4.78, 5) is 9.25. The highest BCUT2D eigenvalue weighted by molar-refractivity contribution is 5.79. The molecule has 4 nitrogen and oxygen atoms in total. The Morgan fingerprint density at radius 1 is 1.41 bits per heavy atom. The molecule has 22 heavy (non-hydrogen) atoms. The first-order valence-electron chi connectivity index (χ1n) is 8.04. The average molecular weight is 306 g/mol. The summed E-state index contributed by atoms with van der Waals surface area (Å²) in [6.07, 6.45) is 2.49. The number of likely N-dealkylation sites (N-methyl/N-ethyl adjacent to an activating group) is 1. The van der Waals surface area contributed by atoms with E-state index in [1.165, 1.54) is 31.5 Å². The maximum atomic E-state index is 13.0. The second kappa shape index (κ2) is 8.13. The molecular formula is C17H27FN4. The fraction of sp³-hybridized carbons (Fsp3) is 0.588. The molecule has 1 saturated heterocycles. The van der Waals surface area contributed by atoms with Crippen molar-refractivity contribution in [1.29, 1.82) is 0 Å². The second-order valence-electron chi connectivity index (χ2n) is 5.95. The van der Waals surface area contributed by atoms with Gasteiger partial charge in [-0.3, -0.25) is 4.99 Å². The Labute approximate surface area is 133 Å². The molecule has 1 aliphatic rings. The van der Waals surface area contributed by atoms with Gasteiger partial charge in [-0.25, -0.2) is 4.39 Å². The summed E-state index contributed by atoms with van der Waals surface area (Å²) in [5.74, 6) is 0.711. The highest BCUT2D eigenvalue weighted by Gasteiger charge is 2.20. The Hall–Kier alpha value is -1.62. The van der Waals surface area contributed by atoms with Crippen LogP contribution in [0, 0.1) is 5.82 Å². The first-order valence-corrected chi connectivity index (χ1v) is 8.04. The molecule has 0 aliphatic carbocycles. The monoisotopic (exact) mass is 306 g/mol. The highest BCUT2D eigenvalue weighted by atomic mass is 19.1. The fourth-order valence-corrected chi connectivity index (χ4v) is 2.81. The van der Waals surface area contributed by atoms with E-state index in [0.717, 1.165) is 24.6 Å². The highest BCUT2D eigenvalue weighted by Crippen LogP contribution is 2.15. The zero-order valence-electron chi connectivity index (χ0n) is 13.8. The normalized spacial score (nSPS) is 19.5. The predicted octanol–water partition coefficient (Wildman–Crippen LogP) is 2.32. The van der Waals surface area contributed by atoms with E-state index in [9.17, 15) is 4.39 Å². The summed E-state index contributed by atoms with van der Waals surface area (Å²) >= 11 is 0. The SMILES string of the molecule is CCNC(=NCC1CCCN1C)N(C)Cc1ccc(F)cc1. The zero-order chi connectivity index (χ0) is 15.9. The molecule has 0 aromatic heterocycles. The smallest absolute Gasteiger partial charge is 0.194 e. The van der Waals surface area contributed by atoms with E-state index in [2.05, 4.69) is 29.1 Å². The van der Waals surface area contributed by atoms with E-state index in [1.807, 2.05) is 19.2 Å². The quantitative estimate of drug-likeness (QED) is 0.669. The van der Waals surface area contributed by atoms with Crippen LogP contribution in [0.2, 0.25) is 0 Å².